The van der Waals surface area contributed by atoms with Crippen LogP contribution in [0.5, 0.6) is 0 Å². The smallest absolute Gasteiger partial charge is 0.0181 e. The predicted molar refractivity (Wildman–Crippen MR) is 155 cm³/mol. The van der Waals surface area contributed by atoms with Gasteiger partial charge in [0.1, 0.15) is 0 Å². The van der Waals surface area contributed by atoms with Crippen molar-refractivity contribution in [3.8, 4) is 22.3 Å². The fourth-order valence-electron chi connectivity index (χ4n) is 5.68. The van der Waals surface area contributed by atoms with Gasteiger partial charge in [0.15, 0.2) is 0 Å². The first-order valence-electron chi connectivity index (χ1n) is 11.9. The zero-order valence-corrected chi connectivity index (χ0v) is 20.6. The third-order valence-corrected chi connectivity index (χ3v) is 7.57. The second-order valence-electron chi connectivity index (χ2n) is 9.01. The quantitative estimate of drug-likeness (QED) is 0.161. The highest BCUT2D eigenvalue weighted by atomic mass is 79.9. The molecule has 0 bridgehead atoms. The van der Waals surface area contributed by atoms with Gasteiger partial charge < -0.3 is 0 Å². The Balaban J connectivity index is 1.89. The van der Waals surface area contributed by atoms with E-state index in [1.165, 1.54) is 65.3 Å². The molecule has 1 heteroatoms. The van der Waals surface area contributed by atoms with Gasteiger partial charge in [0, 0.05) is 4.47 Å². The monoisotopic (exact) mass is 508 g/mol. The minimum Gasteiger partial charge on any atom is -0.0622 e. The van der Waals surface area contributed by atoms with Crippen molar-refractivity contribution in [1.29, 1.82) is 0 Å². The summed E-state index contributed by atoms with van der Waals surface area (Å²) in [5, 5.41) is 10.3. The topological polar surface area (TPSA) is 0 Å². The Morgan fingerprint density at radius 1 is 0.343 bits per heavy atom. The van der Waals surface area contributed by atoms with Gasteiger partial charge in [0.25, 0.3) is 0 Å². The fourth-order valence-corrected chi connectivity index (χ4v) is 6.04. The van der Waals surface area contributed by atoms with Crippen molar-refractivity contribution < 1.29 is 0 Å². The van der Waals surface area contributed by atoms with Crippen LogP contribution in [0.3, 0.4) is 0 Å². The van der Waals surface area contributed by atoms with Gasteiger partial charge in [-0.15, -0.1) is 0 Å². The molecule has 0 atom stereocenters. The molecule has 0 amide bonds. The highest BCUT2D eigenvalue weighted by Gasteiger charge is 2.21. The molecule has 0 aliphatic carbocycles. The average molecular weight is 509 g/mol. The van der Waals surface area contributed by atoms with Crippen molar-refractivity contribution in [3.63, 3.8) is 0 Å². The van der Waals surface area contributed by atoms with Crippen LogP contribution in [-0.2, 0) is 0 Å². The normalized spacial score (nSPS) is 11.6. The lowest BCUT2D eigenvalue weighted by Crippen LogP contribution is -1.93. The Bertz CT molecular complexity index is 1880. The van der Waals surface area contributed by atoms with Crippen LogP contribution in [0.2, 0.25) is 0 Å². The summed E-state index contributed by atoms with van der Waals surface area (Å²) >= 11 is 3.74. The predicted octanol–water partition coefficient (Wildman–Crippen LogP) is 10.4. The maximum Gasteiger partial charge on any atom is 0.0181 e. The van der Waals surface area contributed by atoms with Crippen molar-refractivity contribution in [2.45, 2.75) is 0 Å². The molecule has 0 radical (unpaired) electrons. The third-order valence-electron chi connectivity index (χ3n) is 7.08. The van der Waals surface area contributed by atoms with E-state index in [4.69, 9.17) is 0 Å². The van der Waals surface area contributed by atoms with E-state index < -0.39 is 0 Å². The van der Waals surface area contributed by atoms with Crippen molar-refractivity contribution >= 4 is 59.0 Å². The number of hydrogen-bond donors (Lipinski definition) is 0. The average Bonchev–Trinajstić information content (AvgIpc) is 2.92. The van der Waals surface area contributed by atoms with Gasteiger partial charge in [-0.1, -0.05) is 131 Å². The number of halogens is 1. The van der Waals surface area contributed by atoms with Gasteiger partial charge in [-0.3, -0.25) is 0 Å². The van der Waals surface area contributed by atoms with E-state index in [-0.39, 0.29) is 0 Å². The van der Waals surface area contributed by atoms with Crippen LogP contribution in [0.25, 0.3) is 65.3 Å². The first-order valence-corrected chi connectivity index (χ1v) is 12.7. The van der Waals surface area contributed by atoms with Crippen LogP contribution < -0.4 is 0 Å². The van der Waals surface area contributed by atoms with Gasteiger partial charge in [0.2, 0.25) is 0 Å². The molecule has 0 aromatic heterocycles. The second kappa shape index (κ2) is 8.08. The van der Waals surface area contributed by atoms with Gasteiger partial charge >= 0.3 is 0 Å². The Morgan fingerprint density at radius 3 is 1.31 bits per heavy atom. The van der Waals surface area contributed by atoms with E-state index in [1.807, 2.05) is 0 Å². The number of benzene rings is 7. The molecular weight excluding hydrogens is 488 g/mol. The molecule has 0 N–H and O–H groups in total. The van der Waals surface area contributed by atoms with E-state index in [0.717, 1.165) is 4.47 Å². The van der Waals surface area contributed by atoms with E-state index in [1.54, 1.807) is 0 Å². The van der Waals surface area contributed by atoms with Gasteiger partial charge in [-0.05, 0) is 77.5 Å². The molecule has 0 fully saturated rings. The molecule has 0 unspecified atom stereocenters. The van der Waals surface area contributed by atoms with E-state index in [0.29, 0.717) is 0 Å². The summed E-state index contributed by atoms with van der Waals surface area (Å²) in [6.45, 7) is 0. The number of rotatable bonds is 2. The van der Waals surface area contributed by atoms with Crippen molar-refractivity contribution in [2.24, 2.45) is 0 Å². The van der Waals surface area contributed by atoms with Gasteiger partial charge in [-0.2, -0.15) is 0 Å². The molecule has 0 heterocycles. The minimum atomic E-state index is 1.10. The summed E-state index contributed by atoms with van der Waals surface area (Å²) in [4.78, 5) is 0. The van der Waals surface area contributed by atoms with Crippen LogP contribution in [0.4, 0.5) is 0 Å². The molecule has 7 rings (SSSR count). The van der Waals surface area contributed by atoms with Crippen molar-refractivity contribution in [1.82, 2.24) is 0 Å². The molecule has 0 aliphatic heterocycles. The molecule has 0 saturated carbocycles. The lowest BCUT2D eigenvalue weighted by atomic mass is 9.81. The SMILES string of the molecule is Brc1ccc2c(c1)c1ccccc1c1c(-c3ccccc3)c3ccccc3c(-c3ccccc3)c21. The maximum absolute atomic E-state index is 3.74. The van der Waals surface area contributed by atoms with Crippen LogP contribution in [0, 0.1) is 0 Å². The zero-order valence-electron chi connectivity index (χ0n) is 19.0. The maximum atomic E-state index is 3.74. The molecule has 0 aliphatic rings. The first kappa shape index (κ1) is 20.4. The Hall–Kier alpha value is -3.94. The molecule has 7 aromatic carbocycles. The number of fused-ring (bicyclic) bond motifs is 7. The van der Waals surface area contributed by atoms with Crippen molar-refractivity contribution in [3.05, 3.63) is 132 Å². The molecule has 0 nitrogen and oxygen atoms in total. The molecule has 7 aromatic rings. The van der Waals surface area contributed by atoms with E-state index in [9.17, 15) is 0 Å². The highest BCUT2D eigenvalue weighted by Crippen LogP contribution is 2.49. The first-order chi connectivity index (χ1) is 17.3. The van der Waals surface area contributed by atoms with Crippen LogP contribution in [0.15, 0.2) is 132 Å². The third kappa shape index (κ3) is 3.12. The fraction of sp³-hybridized carbons (Fsp3) is 0. The summed E-state index contributed by atoms with van der Waals surface area (Å²) in [6.07, 6.45) is 0. The van der Waals surface area contributed by atoms with Crippen LogP contribution in [-0.4, -0.2) is 0 Å². The summed E-state index contributed by atoms with van der Waals surface area (Å²) in [7, 11) is 0. The summed E-state index contributed by atoms with van der Waals surface area (Å²) in [6, 6.07) is 46.2. The standard InChI is InChI=1S/C34H21Br/c35-24-19-20-29-30(21-24)25-15-7-8-16-26(25)33-31(22-11-3-1-4-12-22)27-17-9-10-18-28(27)32(34(29)33)23-13-5-2-6-14-23/h1-21H. The largest absolute Gasteiger partial charge is 0.0622 e. The second-order valence-corrected chi connectivity index (χ2v) is 9.93. The Morgan fingerprint density at radius 2 is 0.771 bits per heavy atom. The Kier molecular flexibility index (Phi) is 4.72. The molecule has 0 saturated heterocycles. The van der Waals surface area contributed by atoms with E-state index >= 15 is 0 Å². The highest BCUT2D eigenvalue weighted by molar-refractivity contribution is 9.10. The van der Waals surface area contributed by atoms with Crippen molar-refractivity contribution in [2.75, 3.05) is 0 Å². The summed E-state index contributed by atoms with van der Waals surface area (Å²) in [5.74, 6) is 0. The summed E-state index contributed by atoms with van der Waals surface area (Å²) < 4.78 is 1.10. The van der Waals surface area contributed by atoms with E-state index in [2.05, 4.69) is 143 Å². The molecule has 0 spiro atoms. The Labute approximate surface area is 212 Å². The summed E-state index contributed by atoms with van der Waals surface area (Å²) in [5.41, 5.74) is 5.09. The minimum absolute atomic E-state index is 1.10. The molecular formula is C34H21Br. The number of hydrogen-bond acceptors (Lipinski definition) is 0. The lowest BCUT2D eigenvalue weighted by molar-refractivity contribution is 1.66. The molecule has 35 heavy (non-hydrogen) atoms. The zero-order chi connectivity index (χ0) is 23.4. The van der Waals surface area contributed by atoms with Gasteiger partial charge in [-0.25, -0.2) is 0 Å². The van der Waals surface area contributed by atoms with Crippen LogP contribution >= 0.6 is 15.9 Å². The van der Waals surface area contributed by atoms with Gasteiger partial charge in [0.05, 0.1) is 0 Å². The van der Waals surface area contributed by atoms with Crippen LogP contribution in [0.1, 0.15) is 0 Å². The lowest BCUT2D eigenvalue weighted by Gasteiger charge is -2.21. The molecule has 164 valence electrons.